The van der Waals surface area contributed by atoms with Crippen LogP contribution in [-0.4, -0.2) is 34.3 Å². The molecule has 164 valence electrons. The Hall–Kier alpha value is -3.45. The zero-order valence-corrected chi connectivity index (χ0v) is 16.8. The Morgan fingerprint density at radius 2 is 2.09 bits per heavy atom. The number of anilines is 1. The maximum absolute atomic E-state index is 14.4. The molecule has 0 spiro atoms. The smallest absolute Gasteiger partial charge is 0.266 e. The highest BCUT2D eigenvalue weighted by atomic mass is 19.3. The number of hydrogen-bond acceptors (Lipinski definition) is 7. The molecule has 10 heteroatoms. The molecule has 0 bridgehead atoms. The average Bonchev–Trinajstić information content (AvgIpc) is 3.56. The molecule has 1 saturated heterocycles. The second-order valence-corrected chi connectivity index (χ2v) is 7.88. The second-order valence-electron chi connectivity index (χ2n) is 7.88. The lowest BCUT2D eigenvalue weighted by Gasteiger charge is -2.27. The fourth-order valence-electron chi connectivity index (χ4n) is 3.63. The number of alkyl halides is 2. The molecule has 0 amide bonds. The van der Waals surface area contributed by atoms with Crippen LogP contribution in [0.15, 0.2) is 30.6 Å². The quantitative estimate of drug-likeness (QED) is 0.591. The lowest BCUT2D eigenvalue weighted by atomic mass is 9.97. The highest BCUT2D eigenvalue weighted by Gasteiger charge is 2.48. The number of nitriles is 1. The first-order chi connectivity index (χ1) is 15.5. The van der Waals surface area contributed by atoms with E-state index in [-0.39, 0.29) is 18.2 Å². The molecule has 7 nitrogen and oxygen atoms in total. The van der Waals surface area contributed by atoms with Crippen LogP contribution < -0.4 is 10.1 Å². The van der Waals surface area contributed by atoms with E-state index in [1.807, 2.05) is 0 Å². The fraction of sp³-hybridized carbons (Fsp3) is 0.364. The number of ether oxygens (including phenoxy) is 2. The number of fused-ring (bicyclic) bond motifs is 1. The minimum atomic E-state index is -2.90. The van der Waals surface area contributed by atoms with Crippen LogP contribution in [-0.2, 0) is 16.7 Å². The minimum Gasteiger partial charge on any atom is -0.469 e. The van der Waals surface area contributed by atoms with Crippen molar-refractivity contribution in [2.75, 3.05) is 18.5 Å². The van der Waals surface area contributed by atoms with E-state index in [0.29, 0.717) is 54.4 Å². The van der Waals surface area contributed by atoms with Gasteiger partial charge in [0.1, 0.15) is 24.1 Å². The third kappa shape index (κ3) is 3.58. The molecular weight excluding hydrogens is 423 g/mol. The third-order valence-corrected chi connectivity index (χ3v) is 5.74. The second kappa shape index (κ2) is 7.91. The molecule has 3 aromatic rings. The summed E-state index contributed by atoms with van der Waals surface area (Å²) in [4.78, 5) is 13.0. The Balaban J connectivity index is 1.50. The summed E-state index contributed by atoms with van der Waals surface area (Å²) in [6.45, 7) is 0.853. The van der Waals surface area contributed by atoms with Crippen molar-refractivity contribution in [2.24, 2.45) is 0 Å². The number of benzene rings is 1. The van der Waals surface area contributed by atoms with Crippen LogP contribution in [0.25, 0.3) is 11.0 Å². The van der Waals surface area contributed by atoms with E-state index in [0.717, 1.165) is 6.07 Å². The van der Waals surface area contributed by atoms with Crippen molar-refractivity contribution in [2.45, 2.75) is 37.3 Å². The minimum absolute atomic E-state index is 0.0606. The van der Waals surface area contributed by atoms with Gasteiger partial charge in [0.15, 0.2) is 5.65 Å². The molecule has 1 aromatic carbocycles. The maximum Gasteiger partial charge on any atom is 0.266 e. The van der Waals surface area contributed by atoms with Crippen LogP contribution in [0.4, 0.5) is 19.0 Å². The van der Waals surface area contributed by atoms with Crippen molar-refractivity contribution < 1.29 is 22.6 Å². The van der Waals surface area contributed by atoms with Gasteiger partial charge in [0.25, 0.3) is 6.43 Å². The molecule has 1 N–H and O–H groups in total. The molecule has 2 aromatic heterocycles. The molecular formula is C22H18F3N5O2. The lowest BCUT2D eigenvalue weighted by Crippen LogP contribution is -2.39. The van der Waals surface area contributed by atoms with Crippen molar-refractivity contribution in [3.8, 4) is 11.9 Å². The Labute approximate surface area is 181 Å². The van der Waals surface area contributed by atoms with Gasteiger partial charge in [-0.25, -0.2) is 23.1 Å². The summed E-state index contributed by atoms with van der Waals surface area (Å²) in [5.74, 6) is -0.241. The number of rotatable bonds is 7. The highest BCUT2D eigenvalue weighted by molar-refractivity contribution is 5.88. The predicted octanol–water partition coefficient (Wildman–Crippen LogP) is 4.05. The number of nitrogens with zero attached hydrogens (tertiary/aromatic N) is 4. The van der Waals surface area contributed by atoms with Gasteiger partial charge in [0.2, 0.25) is 5.88 Å². The number of hydrogen-bond donors (Lipinski definition) is 1. The van der Waals surface area contributed by atoms with Crippen molar-refractivity contribution >= 4 is 16.9 Å². The van der Waals surface area contributed by atoms with Gasteiger partial charge in [-0.05, 0) is 18.9 Å². The van der Waals surface area contributed by atoms with E-state index in [2.05, 4.69) is 26.3 Å². The Bertz CT molecular complexity index is 1220. The zero-order valence-electron chi connectivity index (χ0n) is 16.8. The monoisotopic (exact) mass is 441 g/mol. The van der Waals surface area contributed by atoms with Crippen LogP contribution in [0, 0.1) is 17.1 Å². The van der Waals surface area contributed by atoms with Crippen LogP contribution in [0.3, 0.4) is 0 Å². The van der Waals surface area contributed by atoms with Crippen molar-refractivity contribution in [3.63, 3.8) is 0 Å². The first kappa shape index (κ1) is 20.5. The summed E-state index contributed by atoms with van der Waals surface area (Å²) in [5.41, 5.74) is -0.234. The largest absolute Gasteiger partial charge is 0.469 e. The Morgan fingerprint density at radius 1 is 1.28 bits per heavy atom. The Morgan fingerprint density at radius 3 is 2.75 bits per heavy atom. The lowest BCUT2D eigenvalue weighted by molar-refractivity contribution is -0.0816. The van der Waals surface area contributed by atoms with Crippen LogP contribution in [0.2, 0.25) is 0 Å². The van der Waals surface area contributed by atoms with Crippen molar-refractivity contribution in [1.29, 1.82) is 5.26 Å². The molecule has 32 heavy (non-hydrogen) atoms. The van der Waals surface area contributed by atoms with E-state index in [4.69, 9.17) is 9.47 Å². The molecule has 1 saturated carbocycles. The van der Waals surface area contributed by atoms with Gasteiger partial charge in [-0.2, -0.15) is 10.2 Å². The molecule has 5 rings (SSSR count). The van der Waals surface area contributed by atoms with E-state index < -0.39 is 23.2 Å². The van der Waals surface area contributed by atoms with Gasteiger partial charge in [0.05, 0.1) is 35.6 Å². The van der Waals surface area contributed by atoms with Gasteiger partial charge in [-0.15, -0.1) is 0 Å². The first-order valence-electron chi connectivity index (χ1n) is 10.1. The standard InChI is InChI=1S/C22H18F3N5O2/c23-17-12(2-1-3-14(17)18(24)25)7-27-19-15-6-16(22(10-26)4-5-22)21(32-13-8-31-9-13)30-20(15)29-11-28-19/h1-3,6,11,13,18H,4-5,7-9H2,(H,27,28,29,30). The summed E-state index contributed by atoms with van der Waals surface area (Å²) in [5, 5.41) is 13.3. The molecule has 2 aliphatic rings. The fourth-order valence-corrected chi connectivity index (χ4v) is 3.63. The predicted molar refractivity (Wildman–Crippen MR) is 108 cm³/mol. The molecule has 2 fully saturated rings. The molecule has 1 aliphatic carbocycles. The molecule has 0 unspecified atom stereocenters. The SMILES string of the molecule is N#CC1(c2cc3c(NCc4cccc(C(F)F)c4F)ncnc3nc2OC2COC2)CC1. The summed E-state index contributed by atoms with van der Waals surface area (Å²) >= 11 is 0. The summed E-state index contributed by atoms with van der Waals surface area (Å²) in [6.07, 6.45) is -0.344. The Kier molecular flexibility index (Phi) is 5.06. The normalized spacial score (nSPS) is 17.1. The average molecular weight is 441 g/mol. The third-order valence-electron chi connectivity index (χ3n) is 5.74. The number of halogens is 3. The number of aromatic nitrogens is 3. The number of pyridine rings is 1. The van der Waals surface area contributed by atoms with Crippen LogP contribution >= 0.6 is 0 Å². The molecule has 0 atom stereocenters. The summed E-state index contributed by atoms with van der Waals surface area (Å²) < 4.78 is 51.5. The van der Waals surface area contributed by atoms with Gasteiger partial charge >= 0.3 is 0 Å². The van der Waals surface area contributed by atoms with Crippen molar-refractivity contribution in [1.82, 2.24) is 15.0 Å². The highest BCUT2D eigenvalue weighted by Crippen LogP contribution is 2.51. The van der Waals surface area contributed by atoms with E-state index in [1.165, 1.54) is 18.5 Å². The topological polar surface area (TPSA) is 93.0 Å². The maximum atomic E-state index is 14.4. The first-order valence-corrected chi connectivity index (χ1v) is 10.1. The summed E-state index contributed by atoms with van der Waals surface area (Å²) in [7, 11) is 0. The summed E-state index contributed by atoms with van der Waals surface area (Å²) in [6, 6.07) is 8.01. The van der Waals surface area contributed by atoms with Gasteiger partial charge in [0, 0.05) is 17.7 Å². The van der Waals surface area contributed by atoms with Gasteiger partial charge in [-0.3, -0.25) is 0 Å². The van der Waals surface area contributed by atoms with Gasteiger partial charge in [-0.1, -0.05) is 18.2 Å². The molecule has 0 radical (unpaired) electrons. The van der Waals surface area contributed by atoms with E-state index >= 15 is 0 Å². The molecule has 1 aliphatic heterocycles. The number of nitrogens with one attached hydrogen (secondary N) is 1. The molecule has 3 heterocycles. The zero-order chi connectivity index (χ0) is 22.3. The van der Waals surface area contributed by atoms with E-state index in [9.17, 15) is 18.4 Å². The van der Waals surface area contributed by atoms with Crippen molar-refractivity contribution in [3.05, 3.63) is 53.1 Å². The van der Waals surface area contributed by atoms with E-state index in [1.54, 1.807) is 6.07 Å². The van der Waals surface area contributed by atoms with Crippen LogP contribution in [0.1, 0.15) is 36.0 Å². The van der Waals surface area contributed by atoms with Crippen LogP contribution in [0.5, 0.6) is 5.88 Å². The van der Waals surface area contributed by atoms with Gasteiger partial charge < -0.3 is 14.8 Å².